The van der Waals surface area contributed by atoms with Crippen molar-refractivity contribution in [2.24, 2.45) is 7.05 Å². The molecule has 27 heavy (non-hydrogen) atoms. The number of aryl methyl sites for hydroxylation is 1. The van der Waals surface area contributed by atoms with Crippen molar-refractivity contribution in [3.05, 3.63) is 77.9 Å². The van der Waals surface area contributed by atoms with Gasteiger partial charge in [-0.1, -0.05) is 30.3 Å². The molecule has 0 aliphatic carbocycles. The summed E-state index contributed by atoms with van der Waals surface area (Å²) in [7, 11) is 1.92. The lowest BCUT2D eigenvalue weighted by molar-refractivity contribution is 0.0612. The molecule has 0 spiro atoms. The molecule has 0 saturated carbocycles. The van der Waals surface area contributed by atoms with Gasteiger partial charge in [-0.2, -0.15) is 0 Å². The second-order valence-corrected chi connectivity index (χ2v) is 6.97. The van der Waals surface area contributed by atoms with Gasteiger partial charge in [0.1, 0.15) is 11.6 Å². The van der Waals surface area contributed by atoms with Gasteiger partial charge in [0.05, 0.1) is 11.6 Å². The predicted octanol–water partition coefficient (Wildman–Crippen LogP) is 4.59. The molecule has 0 N–H and O–H groups in total. The lowest BCUT2D eigenvalue weighted by Gasteiger charge is -2.36. The maximum Gasteiger partial charge on any atom is 0.255 e. The van der Waals surface area contributed by atoms with Crippen LogP contribution >= 0.6 is 0 Å². The Labute approximate surface area is 158 Å². The molecule has 1 saturated heterocycles. The standard InChI is InChI=1S/C22H22FN3O/c1-25-15-13-24-21(25)18-6-2-3-7-19(18)22(27)26-14-5-4-8-20(26)16-9-11-17(23)12-10-16/h2-3,6-7,9-13,15,20H,4-5,8,14H2,1H3/t20-/m0/s1. The smallest absolute Gasteiger partial charge is 0.255 e. The van der Waals surface area contributed by atoms with Gasteiger partial charge < -0.3 is 9.47 Å². The zero-order valence-electron chi connectivity index (χ0n) is 15.3. The van der Waals surface area contributed by atoms with Crippen LogP contribution in [0, 0.1) is 5.82 Å². The van der Waals surface area contributed by atoms with Gasteiger partial charge in [0, 0.05) is 31.5 Å². The number of hydrogen-bond donors (Lipinski definition) is 0. The number of carbonyl (C=O) groups is 1. The highest BCUT2D eigenvalue weighted by Gasteiger charge is 2.30. The molecule has 3 aromatic rings. The van der Waals surface area contributed by atoms with E-state index in [0.29, 0.717) is 12.1 Å². The molecule has 4 rings (SSSR count). The summed E-state index contributed by atoms with van der Waals surface area (Å²) < 4.78 is 15.2. The monoisotopic (exact) mass is 363 g/mol. The summed E-state index contributed by atoms with van der Waals surface area (Å²) in [5.74, 6) is 0.518. The number of aromatic nitrogens is 2. The highest BCUT2D eigenvalue weighted by atomic mass is 19.1. The zero-order valence-corrected chi connectivity index (χ0v) is 15.3. The third kappa shape index (κ3) is 3.37. The van der Waals surface area contributed by atoms with Crippen LogP contribution in [0.5, 0.6) is 0 Å². The van der Waals surface area contributed by atoms with Gasteiger partial charge >= 0.3 is 0 Å². The fourth-order valence-corrected chi connectivity index (χ4v) is 3.85. The average molecular weight is 363 g/mol. The Morgan fingerprint density at radius 1 is 1.11 bits per heavy atom. The molecule has 2 aromatic carbocycles. The van der Waals surface area contributed by atoms with Crippen LogP contribution in [0.25, 0.3) is 11.4 Å². The predicted molar refractivity (Wildman–Crippen MR) is 103 cm³/mol. The normalized spacial score (nSPS) is 17.1. The molecule has 1 atom stereocenters. The largest absolute Gasteiger partial charge is 0.334 e. The molecule has 1 fully saturated rings. The van der Waals surface area contributed by atoms with E-state index in [2.05, 4.69) is 4.98 Å². The van der Waals surface area contributed by atoms with E-state index in [1.54, 1.807) is 18.3 Å². The van der Waals surface area contributed by atoms with Crippen molar-refractivity contribution < 1.29 is 9.18 Å². The van der Waals surface area contributed by atoms with Gasteiger partial charge in [0.25, 0.3) is 5.91 Å². The van der Waals surface area contributed by atoms with E-state index in [9.17, 15) is 9.18 Å². The van der Waals surface area contributed by atoms with E-state index in [4.69, 9.17) is 0 Å². The van der Waals surface area contributed by atoms with Crippen molar-refractivity contribution in [3.63, 3.8) is 0 Å². The molecule has 5 heteroatoms. The molecule has 0 bridgehead atoms. The first-order chi connectivity index (χ1) is 13.1. The van der Waals surface area contributed by atoms with Gasteiger partial charge in [0.2, 0.25) is 0 Å². The van der Waals surface area contributed by atoms with Crippen LogP contribution in [-0.2, 0) is 7.05 Å². The summed E-state index contributed by atoms with van der Waals surface area (Å²) in [4.78, 5) is 19.8. The highest BCUT2D eigenvalue weighted by Crippen LogP contribution is 2.34. The maximum atomic E-state index is 13.5. The van der Waals surface area contributed by atoms with Gasteiger partial charge in [-0.15, -0.1) is 0 Å². The molecule has 1 aliphatic heterocycles. The number of piperidine rings is 1. The third-order valence-electron chi connectivity index (χ3n) is 5.24. The van der Waals surface area contributed by atoms with E-state index < -0.39 is 0 Å². The first-order valence-electron chi connectivity index (χ1n) is 9.28. The van der Waals surface area contributed by atoms with Gasteiger partial charge in [-0.3, -0.25) is 4.79 Å². The number of rotatable bonds is 3. The van der Waals surface area contributed by atoms with E-state index in [1.165, 1.54) is 12.1 Å². The van der Waals surface area contributed by atoms with Crippen molar-refractivity contribution in [1.29, 1.82) is 0 Å². The minimum Gasteiger partial charge on any atom is -0.334 e. The van der Waals surface area contributed by atoms with Crippen LogP contribution in [0.2, 0.25) is 0 Å². The van der Waals surface area contributed by atoms with Crippen molar-refractivity contribution in [2.45, 2.75) is 25.3 Å². The molecule has 1 amide bonds. The molecule has 1 aromatic heterocycles. The average Bonchev–Trinajstić information content (AvgIpc) is 3.14. The van der Waals surface area contributed by atoms with Crippen molar-refractivity contribution >= 4 is 5.91 Å². The van der Waals surface area contributed by atoms with Crippen LogP contribution in [-0.4, -0.2) is 26.9 Å². The Morgan fingerprint density at radius 3 is 2.63 bits per heavy atom. The van der Waals surface area contributed by atoms with Crippen LogP contribution in [0.3, 0.4) is 0 Å². The molecule has 4 nitrogen and oxygen atoms in total. The molecule has 1 aliphatic rings. The van der Waals surface area contributed by atoms with Crippen molar-refractivity contribution in [1.82, 2.24) is 14.5 Å². The van der Waals surface area contributed by atoms with Crippen LogP contribution < -0.4 is 0 Å². The Balaban J connectivity index is 1.71. The zero-order chi connectivity index (χ0) is 18.8. The molecular weight excluding hydrogens is 341 g/mol. The van der Waals surface area contributed by atoms with Crippen molar-refractivity contribution in [3.8, 4) is 11.4 Å². The van der Waals surface area contributed by atoms with Crippen LogP contribution in [0.15, 0.2) is 60.9 Å². The topological polar surface area (TPSA) is 38.1 Å². The SMILES string of the molecule is Cn1ccnc1-c1ccccc1C(=O)N1CCCC[C@H]1c1ccc(F)cc1. The van der Waals surface area contributed by atoms with Crippen LogP contribution in [0.1, 0.15) is 41.2 Å². The van der Waals surface area contributed by atoms with E-state index in [0.717, 1.165) is 36.2 Å². The first-order valence-corrected chi connectivity index (χ1v) is 9.28. The number of carbonyl (C=O) groups excluding carboxylic acids is 1. The fraction of sp³-hybridized carbons (Fsp3) is 0.273. The number of likely N-dealkylation sites (tertiary alicyclic amines) is 1. The Kier molecular flexibility index (Phi) is 4.75. The number of benzene rings is 2. The Bertz CT molecular complexity index is 948. The minimum atomic E-state index is -0.257. The van der Waals surface area contributed by atoms with Crippen molar-refractivity contribution in [2.75, 3.05) is 6.54 Å². The quantitative estimate of drug-likeness (QED) is 0.682. The minimum absolute atomic E-state index is 0.00243. The number of amides is 1. The lowest BCUT2D eigenvalue weighted by Crippen LogP contribution is -2.38. The third-order valence-corrected chi connectivity index (χ3v) is 5.24. The Morgan fingerprint density at radius 2 is 1.89 bits per heavy atom. The number of halogens is 1. The highest BCUT2D eigenvalue weighted by molar-refractivity contribution is 6.00. The number of nitrogens with zero attached hydrogens (tertiary/aromatic N) is 3. The molecule has 0 unspecified atom stereocenters. The molecule has 0 radical (unpaired) electrons. The molecule has 2 heterocycles. The second-order valence-electron chi connectivity index (χ2n) is 6.97. The summed E-state index contributed by atoms with van der Waals surface area (Å²) in [5.41, 5.74) is 2.47. The summed E-state index contributed by atoms with van der Waals surface area (Å²) in [6, 6.07) is 14.1. The van der Waals surface area contributed by atoms with E-state index in [-0.39, 0.29) is 17.8 Å². The van der Waals surface area contributed by atoms with Gasteiger partial charge in [-0.05, 0) is 43.0 Å². The molecule has 138 valence electrons. The van der Waals surface area contributed by atoms with Crippen LogP contribution in [0.4, 0.5) is 4.39 Å². The summed E-state index contributed by atoms with van der Waals surface area (Å²) in [5, 5.41) is 0. The van der Waals surface area contributed by atoms with E-state index in [1.807, 2.05) is 47.0 Å². The summed E-state index contributed by atoms with van der Waals surface area (Å²) in [6.07, 6.45) is 6.54. The second kappa shape index (κ2) is 7.35. The fourth-order valence-electron chi connectivity index (χ4n) is 3.85. The maximum absolute atomic E-state index is 13.5. The lowest BCUT2D eigenvalue weighted by atomic mass is 9.93. The number of hydrogen-bond acceptors (Lipinski definition) is 2. The first kappa shape index (κ1) is 17.5. The van der Waals surface area contributed by atoms with Gasteiger partial charge in [0.15, 0.2) is 0 Å². The Hall–Kier alpha value is -2.95. The number of imidazole rings is 1. The molecular formula is C22H22FN3O. The van der Waals surface area contributed by atoms with Gasteiger partial charge in [-0.25, -0.2) is 9.37 Å². The summed E-state index contributed by atoms with van der Waals surface area (Å²) in [6.45, 7) is 0.704. The van der Waals surface area contributed by atoms with E-state index >= 15 is 0 Å². The summed E-state index contributed by atoms with van der Waals surface area (Å²) >= 11 is 0.